The van der Waals surface area contributed by atoms with Gasteiger partial charge in [0.15, 0.2) is 0 Å². The van der Waals surface area contributed by atoms with Crippen molar-refractivity contribution in [3.63, 3.8) is 0 Å². The molecule has 5 nitrogen and oxygen atoms in total. The highest BCUT2D eigenvalue weighted by atomic mass is 16.1. The van der Waals surface area contributed by atoms with Crippen molar-refractivity contribution in [1.29, 1.82) is 0 Å². The largest absolute Gasteiger partial charge is 0.341 e. The number of anilines is 1. The number of nitrogens with one attached hydrogen (secondary N) is 2. The molecule has 140 valence electrons. The maximum Gasteiger partial charge on any atom is 0.255 e. The van der Waals surface area contributed by atoms with Crippen LogP contribution < -0.4 is 5.32 Å². The molecule has 1 aliphatic rings. The minimum atomic E-state index is -0.0921. The molecule has 1 fully saturated rings. The van der Waals surface area contributed by atoms with Crippen LogP contribution in [-0.2, 0) is 6.54 Å². The van der Waals surface area contributed by atoms with Crippen LogP contribution in [0, 0.1) is 13.8 Å². The lowest BCUT2D eigenvalue weighted by molar-refractivity contribution is 0.102. The van der Waals surface area contributed by atoms with Gasteiger partial charge >= 0.3 is 0 Å². The number of nitrogens with zero attached hydrogens (tertiary/aromatic N) is 2. The standard InChI is InChI=1S/C22H26N4O/c1-15-6-7-17(12-16(15)2)22(27)23-18-8-9-19-20(13-18)25-21(24-19)14-26-10-4-3-5-11-26/h6-9,12-13H,3-5,10-11,14H2,1-2H3,(H,23,27)(H,24,25). The topological polar surface area (TPSA) is 61.0 Å². The maximum atomic E-state index is 12.5. The van der Waals surface area contributed by atoms with Gasteiger partial charge in [-0.3, -0.25) is 9.69 Å². The highest BCUT2D eigenvalue weighted by molar-refractivity contribution is 6.05. The molecular formula is C22H26N4O. The van der Waals surface area contributed by atoms with Crippen LogP contribution in [0.3, 0.4) is 0 Å². The van der Waals surface area contributed by atoms with E-state index in [1.807, 2.05) is 50.2 Å². The number of hydrogen-bond donors (Lipinski definition) is 2. The van der Waals surface area contributed by atoms with Crippen LogP contribution in [0.1, 0.15) is 46.6 Å². The number of aromatic nitrogens is 2. The van der Waals surface area contributed by atoms with E-state index >= 15 is 0 Å². The van der Waals surface area contributed by atoms with Crippen LogP contribution in [-0.4, -0.2) is 33.9 Å². The number of rotatable bonds is 4. The fourth-order valence-electron chi connectivity index (χ4n) is 3.63. The quantitative estimate of drug-likeness (QED) is 0.722. The van der Waals surface area contributed by atoms with Crippen molar-refractivity contribution in [1.82, 2.24) is 14.9 Å². The maximum absolute atomic E-state index is 12.5. The molecule has 0 unspecified atom stereocenters. The second-order valence-electron chi connectivity index (χ2n) is 7.51. The average molecular weight is 362 g/mol. The Bertz CT molecular complexity index is 970. The Morgan fingerprint density at radius 2 is 1.89 bits per heavy atom. The lowest BCUT2D eigenvalue weighted by atomic mass is 10.1. The number of aryl methyl sites for hydroxylation is 2. The average Bonchev–Trinajstić information content (AvgIpc) is 3.06. The van der Waals surface area contributed by atoms with Gasteiger partial charge in [0.25, 0.3) is 5.91 Å². The highest BCUT2D eigenvalue weighted by Crippen LogP contribution is 2.20. The monoisotopic (exact) mass is 362 g/mol. The molecule has 27 heavy (non-hydrogen) atoms. The Labute approximate surface area is 159 Å². The van der Waals surface area contributed by atoms with Crippen LogP contribution in [0.4, 0.5) is 5.69 Å². The molecule has 2 N–H and O–H groups in total. The summed E-state index contributed by atoms with van der Waals surface area (Å²) < 4.78 is 0. The predicted octanol–water partition coefficient (Wildman–Crippen LogP) is 4.42. The number of likely N-dealkylation sites (tertiary alicyclic amines) is 1. The molecule has 0 atom stereocenters. The molecule has 2 aromatic carbocycles. The normalized spacial score (nSPS) is 15.2. The number of aromatic amines is 1. The van der Waals surface area contributed by atoms with Gasteiger partial charge in [-0.25, -0.2) is 4.98 Å². The summed E-state index contributed by atoms with van der Waals surface area (Å²) >= 11 is 0. The van der Waals surface area contributed by atoms with Gasteiger partial charge in [0.2, 0.25) is 0 Å². The Morgan fingerprint density at radius 1 is 1.07 bits per heavy atom. The molecule has 4 rings (SSSR count). The van der Waals surface area contributed by atoms with Crippen LogP contribution in [0.5, 0.6) is 0 Å². The Hall–Kier alpha value is -2.66. The van der Waals surface area contributed by atoms with E-state index in [9.17, 15) is 4.79 Å². The van der Waals surface area contributed by atoms with Gasteiger partial charge < -0.3 is 10.3 Å². The zero-order valence-corrected chi connectivity index (χ0v) is 16.0. The smallest absolute Gasteiger partial charge is 0.255 e. The summed E-state index contributed by atoms with van der Waals surface area (Å²) in [5, 5.41) is 2.99. The van der Waals surface area contributed by atoms with Crippen molar-refractivity contribution in [2.24, 2.45) is 0 Å². The molecule has 0 spiro atoms. The van der Waals surface area contributed by atoms with Crippen LogP contribution in [0.2, 0.25) is 0 Å². The van der Waals surface area contributed by atoms with Crippen LogP contribution in [0.25, 0.3) is 11.0 Å². The summed E-state index contributed by atoms with van der Waals surface area (Å²) in [6, 6.07) is 11.6. The van der Waals surface area contributed by atoms with E-state index in [-0.39, 0.29) is 5.91 Å². The third-order valence-corrected chi connectivity index (χ3v) is 5.38. The van der Waals surface area contributed by atoms with Crippen molar-refractivity contribution in [3.05, 3.63) is 58.9 Å². The van der Waals surface area contributed by atoms with Crippen molar-refractivity contribution >= 4 is 22.6 Å². The lowest BCUT2D eigenvalue weighted by Crippen LogP contribution is -2.29. The minimum Gasteiger partial charge on any atom is -0.341 e. The van der Waals surface area contributed by atoms with E-state index < -0.39 is 0 Å². The second-order valence-corrected chi connectivity index (χ2v) is 7.51. The number of carbonyl (C=O) groups excluding carboxylic acids is 1. The Kier molecular flexibility index (Phi) is 4.94. The first kappa shape index (κ1) is 17.7. The molecule has 1 aromatic heterocycles. The van der Waals surface area contributed by atoms with E-state index in [4.69, 9.17) is 4.98 Å². The zero-order chi connectivity index (χ0) is 18.8. The Morgan fingerprint density at radius 3 is 2.67 bits per heavy atom. The molecule has 0 aliphatic carbocycles. The number of amides is 1. The number of benzene rings is 2. The zero-order valence-electron chi connectivity index (χ0n) is 16.0. The highest BCUT2D eigenvalue weighted by Gasteiger charge is 2.13. The van der Waals surface area contributed by atoms with E-state index in [1.54, 1.807) is 0 Å². The first-order valence-electron chi connectivity index (χ1n) is 9.68. The van der Waals surface area contributed by atoms with Gasteiger partial charge in [0.1, 0.15) is 5.82 Å². The molecule has 0 saturated carbocycles. The first-order valence-corrected chi connectivity index (χ1v) is 9.68. The molecule has 0 bridgehead atoms. The molecule has 1 aliphatic heterocycles. The Balaban J connectivity index is 1.49. The fraction of sp³-hybridized carbons (Fsp3) is 0.364. The molecule has 2 heterocycles. The molecule has 3 aromatic rings. The van der Waals surface area contributed by atoms with E-state index in [0.717, 1.165) is 47.7 Å². The number of hydrogen-bond acceptors (Lipinski definition) is 3. The van der Waals surface area contributed by atoms with E-state index in [1.165, 1.54) is 24.8 Å². The van der Waals surface area contributed by atoms with Crippen LogP contribution >= 0.6 is 0 Å². The summed E-state index contributed by atoms with van der Waals surface area (Å²) in [7, 11) is 0. The van der Waals surface area contributed by atoms with Gasteiger partial charge in [-0.2, -0.15) is 0 Å². The van der Waals surface area contributed by atoms with E-state index in [0.29, 0.717) is 5.56 Å². The minimum absolute atomic E-state index is 0.0921. The molecule has 1 amide bonds. The fourth-order valence-corrected chi connectivity index (χ4v) is 3.63. The van der Waals surface area contributed by atoms with Gasteiger partial charge in [-0.05, 0) is 81.2 Å². The molecule has 5 heteroatoms. The van der Waals surface area contributed by atoms with Gasteiger partial charge in [0, 0.05) is 11.3 Å². The second kappa shape index (κ2) is 7.53. The van der Waals surface area contributed by atoms with Crippen molar-refractivity contribution < 1.29 is 4.79 Å². The number of H-pyrrole nitrogens is 1. The van der Waals surface area contributed by atoms with Gasteiger partial charge in [-0.15, -0.1) is 0 Å². The third kappa shape index (κ3) is 4.03. The first-order chi connectivity index (χ1) is 13.1. The van der Waals surface area contributed by atoms with Gasteiger partial charge in [0.05, 0.1) is 17.6 Å². The molecular weight excluding hydrogens is 336 g/mol. The molecule has 1 saturated heterocycles. The van der Waals surface area contributed by atoms with Gasteiger partial charge in [-0.1, -0.05) is 12.5 Å². The summed E-state index contributed by atoms with van der Waals surface area (Å²) in [6.45, 7) is 7.22. The van der Waals surface area contributed by atoms with Crippen molar-refractivity contribution in [2.75, 3.05) is 18.4 Å². The third-order valence-electron chi connectivity index (χ3n) is 5.38. The molecule has 0 radical (unpaired) electrons. The van der Waals surface area contributed by atoms with Crippen molar-refractivity contribution in [2.45, 2.75) is 39.7 Å². The number of fused-ring (bicyclic) bond motifs is 1. The summed E-state index contributed by atoms with van der Waals surface area (Å²) in [5.41, 5.74) is 5.65. The number of imidazole rings is 1. The number of piperidine rings is 1. The summed E-state index contributed by atoms with van der Waals surface area (Å²) in [5.74, 6) is 0.898. The van der Waals surface area contributed by atoms with Crippen LogP contribution in [0.15, 0.2) is 36.4 Å². The number of carbonyl (C=O) groups is 1. The summed E-state index contributed by atoms with van der Waals surface area (Å²) in [4.78, 5) is 23.1. The van der Waals surface area contributed by atoms with E-state index in [2.05, 4.69) is 15.2 Å². The summed E-state index contributed by atoms with van der Waals surface area (Å²) in [6.07, 6.45) is 3.88. The van der Waals surface area contributed by atoms with Crippen molar-refractivity contribution in [3.8, 4) is 0 Å². The predicted molar refractivity (Wildman–Crippen MR) is 109 cm³/mol. The lowest BCUT2D eigenvalue weighted by Gasteiger charge is -2.25. The SMILES string of the molecule is Cc1ccc(C(=O)Nc2ccc3nc(CN4CCCCC4)[nH]c3c2)cc1C.